The number of amides is 2. The Morgan fingerprint density at radius 3 is 2.29 bits per heavy atom. The minimum absolute atomic E-state index is 0.0208. The van der Waals surface area contributed by atoms with Gasteiger partial charge < -0.3 is 16.0 Å². The first-order valence-corrected chi connectivity index (χ1v) is 8.03. The highest BCUT2D eigenvalue weighted by atomic mass is 16.2. The molecular weight excluding hydrogens is 266 g/mol. The molecule has 0 saturated carbocycles. The van der Waals surface area contributed by atoms with Crippen molar-refractivity contribution in [3.05, 3.63) is 0 Å². The molecule has 0 aromatic carbocycles. The fourth-order valence-electron chi connectivity index (χ4n) is 2.85. The normalized spacial score (nSPS) is 19.0. The van der Waals surface area contributed by atoms with E-state index < -0.39 is 6.04 Å². The maximum atomic E-state index is 12.2. The molecule has 1 saturated heterocycles. The molecular formula is C16H31N3O2. The zero-order valence-electron chi connectivity index (χ0n) is 13.9. The fourth-order valence-corrected chi connectivity index (χ4v) is 2.85. The fraction of sp³-hybridized carbons (Fsp3) is 0.875. The maximum Gasteiger partial charge on any atom is 0.244 e. The summed E-state index contributed by atoms with van der Waals surface area (Å²) in [5.74, 6) is -0.114. The van der Waals surface area contributed by atoms with Crippen LogP contribution >= 0.6 is 0 Å². The van der Waals surface area contributed by atoms with E-state index in [-0.39, 0.29) is 29.7 Å². The summed E-state index contributed by atoms with van der Waals surface area (Å²) in [5.41, 5.74) is 6.11. The molecule has 0 aromatic rings. The molecule has 1 heterocycles. The van der Waals surface area contributed by atoms with Gasteiger partial charge in [0, 0.05) is 25.6 Å². The predicted molar refractivity (Wildman–Crippen MR) is 84.7 cm³/mol. The average Bonchev–Trinajstić information content (AvgIpc) is 2.36. The summed E-state index contributed by atoms with van der Waals surface area (Å²) in [5, 5.41) is 2.78. The van der Waals surface area contributed by atoms with E-state index >= 15 is 0 Å². The highest BCUT2D eigenvalue weighted by molar-refractivity contribution is 5.87. The summed E-state index contributed by atoms with van der Waals surface area (Å²) in [6.07, 6.45) is 4.36. The van der Waals surface area contributed by atoms with E-state index in [4.69, 9.17) is 5.73 Å². The number of nitrogens with zero attached hydrogens (tertiary/aromatic N) is 1. The molecule has 0 bridgehead atoms. The summed E-state index contributed by atoms with van der Waals surface area (Å²) >= 11 is 0. The van der Waals surface area contributed by atoms with Gasteiger partial charge >= 0.3 is 0 Å². The van der Waals surface area contributed by atoms with Gasteiger partial charge in [-0.05, 0) is 38.0 Å². The van der Waals surface area contributed by atoms with Crippen molar-refractivity contribution in [2.75, 3.05) is 13.1 Å². The molecule has 0 radical (unpaired) electrons. The second kappa shape index (κ2) is 7.78. The van der Waals surface area contributed by atoms with Crippen molar-refractivity contribution in [2.24, 2.45) is 11.1 Å². The van der Waals surface area contributed by atoms with Crippen LogP contribution in [0.15, 0.2) is 0 Å². The van der Waals surface area contributed by atoms with E-state index in [1.165, 1.54) is 6.42 Å². The molecule has 1 fully saturated rings. The second-order valence-electron chi connectivity index (χ2n) is 7.40. The summed E-state index contributed by atoms with van der Waals surface area (Å²) < 4.78 is 0. The molecule has 122 valence electrons. The van der Waals surface area contributed by atoms with Crippen LogP contribution in [0.3, 0.4) is 0 Å². The van der Waals surface area contributed by atoms with Gasteiger partial charge in [0.2, 0.25) is 11.8 Å². The Morgan fingerprint density at radius 2 is 1.76 bits per heavy atom. The first-order chi connectivity index (χ1) is 9.69. The Bertz CT molecular complexity index is 357. The number of hydrogen-bond acceptors (Lipinski definition) is 3. The van der Waals surface area contributed by atoms with Crippen molar-refractivity contribution in [1.29, 1.82) is 0 Å². The number of rotatable bonds is 5. The van der Waals surface area contributed by atoms with Crippen LogP contribution in [0.1, 0.15) is 59.8 Å². The number of likely N-dealkylation sites (tertiary alicyclic amines) is 1. The van der Waals surface area contributed by atoms with E-state index in [9.17, 15) is 9.59 Å². The Balaban J connectivity index is 2.37. The molecule has 21 heavy (non-hydrogen) atoms. The van der Waals surface area contributed by atoms with Gasteiger partial charge in [0.25, 0.3) is 0 Å². The molecule has 0 aromatic heterocycles. The van der Waals surface area contributed by atoms with Crippen molar-refractivity contribution in [3.8, 4) is 0 Å². The third-order valence-electron chi connectivity index (χ3n) is 3.74. The molecule has 1 aliphatic rings. The van der Waals surface area contributed by atoms with Crippen LogP contribution in [0.5, 0.6) is 0 Å². The molecule has 1 rings (SSSR count). The summed E-state index contributed by atoms with van der Waals surface area (Å²) in [7, 11) is 0. The molecule has 2 amide bonds. The number of piperidine rings is 1. The first kappa shape index (κ1) is 18.0. The number of carbonyl (C=O) groups is 2. The van der Waals surface area contributed by atoms with Gasteiger partial charge in [-0.25, -0.2) is 0 Å². The van der Waals surface area contributed by atoms with Crippen molar-refractivity contribution in [1.82, 2.24) is 10.2 Å². The molecule has 5 nitrogen and oxygen atoms in total. The van der Waals surface area contributed by atoms with Gasteiger partial charge in [-0.15, -0.1) is 0 Å². The smallest absolute Gasteiger partial charge is 0.244 e. The molecule has 0 aliphatic carbocycles. The van der Waals surface area contributed by atoms with Crippen LogP contribution in [0.4, 0.5) is 0 Å². The number of carbonyl (C=O) groups excluding carboxylic acids is 2. The van der Waals surface area contributed by atoms with Gasteiger partial charge in [-0.3, -0.25) is 9.59 Å². The van der Waals surface area contributed by atoms with Gasteiger partial charge in [0.1, 0.15) is 6.04 Å². The molecule has 2 atom stereocenters. The zero-order chi connectivity index (χ0) is 16.0. The monoisotopic (exact) mass is 297 g/mol. The lowest BCUT2D eigenvalue weighted by molar-refractivity contribution is -0.136. The molecule has 0 spiro atoms. The van der Waals surface area contributed by atoms with Gasteiger partial charge in [0.15, 0.2) is 0 Å². The Hall–Kier alpha value is -1.10. The summed E-state index contributed by atoms with van der Waals surface area (Å²) in [4.78, 5) is 26.1. The van der Waals surface area contributed by atoms with E-state index in [0.29, 0.717) is 0 Å². The van der Waals surface area contributed by atoms with Crippen LogP contribution < -0.4 is 11.1 Å². The van der Waals surface area contributed by atoms with Crippen molar-refractivity contribution in [2.45, 2.75) is 71.9 Å². The van der Waals surface area contributed by atoms with E-state index in [0.717, 1.165) is 32.4 Å². The quantitative estimate of drug-likeness (QED) is 0.810. The lowest BCUT2D eigenvalue weighted by Crippen LogP contribution is -2.49. The second-order valence-corrected chi connectivity index (χ2v) is 7.40. The third kappa shape index (κ3) is 6.93. The minimum Gasteiger partial charge on any atom is -0.345 e. The van der Waals surface area contributed by atoms with Crippen molar-refractivity contribution in [3.63, 3.8) is 0 Å². The lowest BCUT2D eigenvalue weighted by Gasteiger charge is -2.29. The summed E-state index contributed by atoms with van der Waals surface area (Å²) in [6, 6.07) is -0.625. The van der Waals surface area contributed by atoms with E-state index in [1.54, 1.807) is 6.92 Å². The molecule has 5 heteroatoms. The van der Waals surface area contributed by atoms with E-state index in [2.05, 4.69) is 26.1 Å². The van der Waals surface area contributed by atoms with E-state index in [1.807, 2.05) is 4.90 Å². The predicted octanol–water partition coefficient (Wildman–Crippen LogP) is 1.66. The van der Waals surface area contributed by atoms with Crippen molar-refractivity contribution >= 4 is 11.8 Å². The summed E-state index contributed by atoms with van der Waals surface area (Å²) in [6.45, 7) is 9.68. The van der Waals surface area contributed by atoms with Crippen molar-refractivity contribution < 1.29 is 9.59 Å². The van der Waals surface area contributed by atoms with Crippen LogP contribution in [0.25, 0.3) is 0 Å². The van der Waals surface area contributed by atoms with Gasteiger partial charge in [-0.1, -0.05) is 20.8 Å². The lowest BCUT2D eigenvalue weighted by atomic mass is 9.87. The highest BCUT2D eigenvalue weighted by Gasteiger charge is 2.24. The number of hydrogen-bond donors (Lipinski definition) is 2. The van der Waals surface area contributed by atoms with Gasteiger partial charge in [-0.2, -0.15) is 0 Å². The first-order valence-electron chi connectivity index (χ1n) is 8.03. The zero-order valence-corrected chi connectivity index (χ0v) is 13.9. The van der Waals surface area contributed by atoms with Crippen LogP contribution in [-0.4, -0.2) is 41.9 Å². The molecule has 1 aliphatic heterocycles. The largest absolute Gasteiger partial charge is 0.345 e. The standard InChI is InChI=1S/C16H31N3O2/c1-12(15(21)19-8-6-5-7-9-19)18-14(20)10-13(17)11-16(2,3)4/h12-13H,5-11,17H2,1-4H3,(H,18,20). The SMILES string of the molecule is CC(NC(=O)CC(N)CC(C)(C)C)C(=O)N1CCCCC1. The Labute approximate surface area is 128 Å². The molecule has 2 unspecified atom stereocenters. The Kier molecular flexibility index (Phi) is 6.65. The highest BCUT2D eigenvalue weighted by Crippen LogP contribution is 2.21. The Morgan fingerprint density at radius 1 is 1.19 bits per heavy atom. The minimum atomic E-state index is -0.461. The maximum absolute atomic E-state index is 12.2. The third-order valence-corrected chi connectivity index (χ3v) is 3.74. The van der Waals surface area contributed by atoms with Gasteiger partial charge in [0.05, 0.1) is 0 Å². The number of nitrogens with one attached hydrogen (secondary N) is 1. The topological polar surface area (TPSA) is 75.4 Å². The van der Waals surface area contributed by atoms with Crippen LogP contribution in [0, 0.1) is 5.41 Å². The van der Waals surface area contributed by atoms with Crippen LogP contribution in [-0.2, 0) is 9.59 Å². The molecule has 3 N–H and O–H groups in total. The van der Waals surface area contributed by atoms with Crippen LogP contribution in [0.2, 0.25) is 0 Å². The number of nitrogens with two attached hydrogens (primary N) is 1. The average molecular weight is 297 g/mol.